The lowest BCUT2D eigenvalue weighted by molar-refractivity contribution is 0.0172. The standard InChI is InChI=1S/C12H12N4O2S/c1-8-4-15-10(5-14-8)11(17)16-6-9(7-16)18-12-13-2-3-19-12/h2-5,9H,6-7H2,1H3. The van der Waals surface area contributed by atoms with Crippen molar-refractivity contribution >= 4 is 17.2 Å². The Morgan fingerprint density at radius 1 is 1.37 bits per heavy atom. The van der Waals surface area contributed by atoms with Gasteiger partial charge in [-0.05, 0) is 6.92 Å². The minimum atomic E-state index is -0.105. The monoisotopic (exact) mass is 276 g/mol. The zero-order chi connectivity index (χ0) is 13.2. The molecule has 0 bridgehead atoms. The molecule has 0 aliphatic carbocycles. The molecule has 3 heterocycles. The van der Waals surface area contributed by atoms with Crippen LogP contribution < -0.4 is 4.74 Å². The molecular weight excluding hydrogens is 264 g/mol. The van der Waals surface area contributed by atoms with Crippen LogP contribution in [-0.4, -0.2) is 45.0 Å². The highest BCUT2D eigenvalue weighted by Gasteiger charge is 2.33. The quantitative estimate of drug-likeness (QED) is 0.841. The van der Waals surface area contributed by atoms with Crippen molar-refractivity contribution in [1.29, 1.82) is 0 Å². The van der Waals surface area contributed by atoms with Crippen molar-refractivity contribution in [3.63, 3.8) is 0 Å². The molecule has 7 heteroatoms. The summed E-state index contributed by atoms with van der Waals surface area (Å²) in [6, 6.07) is 0. The molecule has 1 saturated heterocycles. The van der Waals surface area contributed by atoms with Gasteiger partial charge < -0.3 is 9.64 Å². The molecule has 0 saturated carbocycles. The van der Waals surface area contributed by atoms with Crippen LogP contribution in [0.3, 0.4) is 0 Å². The lowest BCUT2D eigenvalue weighted by Gasteiger charge is -2.37. The maximum absolute atomic E-state index is 12.0. The van der Waals surface area contributed by atoms with E-state index in [0.29, 0.717) is 24.0 Å². The Morgan fingerprint density at radius 3 is 2.84 bits per heavy atom. The number of amides is 1. The Kier molecular flexibility index (Phi) is 3.12. The van der Waals surface area contributed by atoms with Gasteiger partial charge in [-0.15, -0.1) is 0 Å². The van der Waals surface area contributed by atoms with Gasteiger partial charge in [0.05, 0.1) is 25.0 Å². The topological polar surface area (TPSA) is 68.2 Å². The van der Waals surface area contributed by atoms with Crippen LogP contribution in [0.4, 0.5) is 0 Å². The summed E-state index contributed by atoms with van der Waals surface area (Å²) in [5.74, 6) is -0.105. The molecule has 0 atom stereocenters. The number of rotatable bonds is 3. The highest BCUT2D eigenvalue weighted by Crippen LogP contribution is 2.21. The van der Waals surface area contributed by atoms with E-state index in [0.717, 1.165) is 5.69 Å². The summed E-state index contributed by atoms with van der Waals surface area (Å²) in [4.78, 5) is 25.9. The molecule has 2 aromatic heterocycles. The van der Waals surface area contributed by atoms with Crippen molar-refractivity contribution in [2.24, 2.45) is 0 Å². The van der Waals surface area contributed by atoms with Crippen LogP contribution in [-0.2, 0) is 0 Å². The number of carbonyl (C=O) groups excluding carboxylic acids is 1. The van der Waals surface area contributed by atoms with Crippen molar-refractivity contribution in [2.45, 2.75) is 13.0 Å². The van der Waals surface area contributed by atoms with Gasteiger partial charge in [0.25, 0.3) is 11.1 Å². The molecule has 0 N–H and O–H groups in total. The maximum Gasteiger partial charge on any atom is 0.274 e. The second-order valence-electron chi connectivity index (χ2n) is 4.29. The summed E-state index contributed by atoms with van der Waals surface area (Å²) in [6.45, 7) is 2.96. The number of nitrogens with zero attached hydrogens (tertiary/aromatic N) is 4. The van der Waals surface area contributed by atoms with Gasteiger partial charge >= 0.3 is 0 Å². The summed E-state index contributed by atoms with van der Waals surface area (Å²) in [7, 11) is 0. The molecule has 1 aliphatic rings. The third kappa shape index (κ3) is 2.55. The highest BCUT2D eigenvalue weighted by molar-refractivity contribution is 7.11. The van der Waals surface area contributed by atoms with Gasteiger partial charge in [0.15, 0.2) is 0 Å². The fourth-order valence-electron chi connectivity index (χ4n) is 1.75. The van der Waals surface area contributed by atoms with Gasteiger partial charge in [-0.25, -0.2) is 9.97 Å². The van der Waals surface area contributed by atoms with Crippen LogP contribution >= 0.6 is 11.3 Å². The summed E-state index contributed by atoms with van der Waals surface area (Å²) in [5.41, 5.74) is 1.17. The summed E-state index contributed by atoms with van der Waals surface area (Å²) < 4.78 is 5.60. The molecule has 1 fully saturated rings. The first-order valence-electron chi connectivity index (χ1n) is 5.86. The smallest absolute Gasteiger partial charge is 0.274 e. The lowest BCUT2D eigenvalue weighted by Crippen LogP contribution is -2.56. The van der Waals surface area contributed by atoms with Crippen molar-refractivity contribution in [3.05, 3.63) is 35.4 Å². The third-order valence-electron chi connectivity index (χ3n) is 2.81. The minimum Gasteiger partial charge on any atom is -0.463 e. The van der Waals surface area contributed by atoms with Gasteiger partial charge in [-0.2, -0.15) is 0 Å². The van der Waals surface area contributed by atoms with Crippen LogP contribution in [0.1, 0.15) is 16.2 Å². The number of aromatic nitrogens is 3. The zero-order valence-corrected chi connectivity index (χ0v) is 11.1. The SMILES string of the molecule is Cc1cnc(C(=O)N2CC(Oc3nccs3)C2)cn1. The normalized spacial score (nSPS) is 15.1. The Morgan fingerprint density at radius 2 is 2.21 bits per heavy atom. The van der Waals surface area contributed by atoms with Crippen molar-refractivity contribution in [1.82, 2.24) is 19.9 Å². The zero-order valence-electron chi connectivity index (χ0n) is 10.3. The van der Waals surface area contributed by atoms with E-state index < -0.39 is 0 Å². The Balaban J connectivity index is 1.55. The molecule has 0 unspecified atom stereocenters. The Labute approximate surface area is 114 Å². The van der Waals surface area contributed by atoms with E-state index in [-0.39, 0.29) is 12.0 Å². The van der Waals surface area contributed by atoms with Crippen molar-refractivity contribution in [2.75, 3.05) is 13.1 Å². The van der Waals surface area contributed by atoms with Crippen molar-refractivity contribution < 1.29 is 9.53 Å². The molecule has 0 aromatic carbocycles. The maximum atomic E-state index is 12.0. The molecule has 2 aromatic rings. The predicted octanol–water partition coefficient (Wildman–Crippen LogP) is 1.14. The first-order chi connectivity index (χ1) is 9.22. The number of carbonyl (C=O) groups is 1. The molecular formula is C12H12N4O2S. The van der Waals surface area contributed by atoms with Gasteiger partial charge in [-0.1, -0.05) is 11.3 Å². The van der Waals surface area contributed by atoms with E-state index in [1.165, 1.54) is 17.5 Å². The second kappa shape index (κ2) is 4.93. The Bertz CT molecular complexity index is 564. The van der Waals surface area contributed by atoms with Crippen molar-refractivity contribution in [3.8, 4) is 5.19 Å². The first kappa shape index (κ1) is 12.0. The molecule has 6 nitrogen and oxygen atoms in total. The highest BCUT2D eigenvalue weighted by atomic mass is 32.1. The predicted molar refractivity (Wildman–Crippen MR) is 69.2 cm³/mol. The molecule has 3 rings (SSSR count). The minimum absolute atomic E-state index is 0.0218. The van der Waals surface area contributed by atoms with Gasteiger partial charge in [-0.3, -0.25) is 9.78 Å². The van der Waals surface area contributed by atoms with E-state index in [1.54, 1.807) is 17.3 Å². The van der Waals surface area contributed by atoms with Crippen LogP contribution in [0.5, 0.6) is 5.19 Å². The summed E-state index contributed by atoms with van der Waals surface area (Å²) in [6.07, 6.45) is 4.82. The Hall–Kier alpha value is -2.02. The van der Waals surface area contributed by atoms with E-state index >= 15 is 0 Å². The summed E-state index contributed by atoms with van der Waals surface area (Å²) >= 11 is 1.45. The second-order valence-corrected chi connectivity index (χ2v) is 5.15. The summed E-state index contributed by atoms with van der Waals surface area (Å²) in [5, 5.41) is 2.51. The molecule has 1 amide bonds. The fourth-order valence-corrected chi connectivity index (χ4v) is 2.31. The van der Waals surface area contributed by atoms with E-state index in [2.05, 4.69) is 15.0 Å². The largest absolute Gasteiger partial charge is 0.463 e. The molecule has 19 heavy (non-hydrogen) atoms. The van der Waals surface area contributed by atoms with Gasteiger partial charge in [0.2, 0.25) is 0 Å². The van der Waals surface area contributed by atoms with Crippen LogP contribution in [0.25, 0.3) is 0 Å². The number of thiazole rings is 1. The number of hydrogen-bond donors (Lipinski definition) is 0. The lowest BCUT2D eigenvalue weighted by atomic mass is 10.1. The van der Waals surface area contributed by atoms with Crippen LogP contribution in [0, 0.1) is 6.92 Å². The number of ether oxygens (including phenoxy) is 1. The van der Waals surface area contributed by atoms with Gasteiger partial charge in [0.1, 0.15) is 11.8 Å². The number of aryl methyl sites for hydroxylation is 1. The average Bonchev–Trinajstić information content (AvgIpc) is 2.86. The van der Waals surface area contributed by atoms with Gasteiger partial charge in [0, 0.05) is 17.8 Å². The molecule has 0 spiro atoms. The first-order valence-corrected chi connectivity index (χ1v) is 6.74. The van der Waals surface area contributed by atoms with E-state index in [4.69, 9.17) is 4.74 Å². The van der Waals surface area contributed by atoms with E-state index in [9.17, 15) is 4.79 Å². The molecule has 0 radical (unpaired) electrons. The van der Waals surface area contributed by atoms with Crippen LogP contribution in [0.15, 0.2) is 24.0 Å². The number of hydrogen-bond acceptors (Lipinski definition) is 6. The average molecular weight is 276 g/mol. The molecule has 1 aliphatic heterocycles. The third-order valence-corrected chi connectivity index (χ3v) is 3.47. The fraction of sp³-hybridized carbons (Fsp3) is 0.333. The van der Waals surface area contributed by atoms with E-state index in [1.807, 2.05) is 12.3 Å². The van der Waals surface area contributed by atoms with Crippen LogP contribution in [0.2, 0.25) is 0 Å². The molecule has 98 valence electrons. The number of likely N-dealkylation sites (tertiary alicyclic amines) is 1.